The summed E-state index contributed by atoms with van der Waals surface area (Å²) in [6.45, 7) is 1.07. The molecule has 0 atom stereocenters. The fourth-order valence-corrected chi connectivity index (χ4v) is 4.28. The Morgan fingerprint density at radius 2 is 1.94 bits per heavy atom. The van der Waals surface area contributed by atoms with E-state index in [1.807, 2.05) is 0 Å². The number of hydrogen-bond donors (Lipinski definition) is 0. The highest BCUT2D eigenvalue weighted by Crippen LogP contribution is 2.35. The first kappa shape index (κ1) is 21.4. The van der Waals surface area contributed by atoms with Crippen molar-refractivity contribution >= 4 is 22.7 Å². The van der Waals surface area contributed by atoms with Gasteiger partial charge in [0.25, 0.3) is 5.56 Å². The van der Waals surface area contributed by atoms with E-state index in [1.165, 1.54) is 23.9 Å². The Balaban J connectivity index is 1.44. The number of methoxy groups -OCH3 is 1. The summed E-state index contributed by atoms with van der Waals surface area (Å²) in [5.74, 6) is 1.79. The minimum Gasteiger partial charge on any atom is -0.454 e. The Bertz CT molecular complexity index is 1360. The van der Waals surface area contributed by atoms with Crippen molar-refractivity contribution in [3.05, 3.63) is 58.5 Å². The molecule has 11 heteroatoms. The molecule has 0 amide bonds. The molecule has 0 bridgehead atoms. The molecule has 1 aliphatic rings. The standard InChI is InChI=1S/C22H19FN4O5S/c1-29-8-2-7-27-21(28)15-9-17-18(31-12-30-17)10-16(15)24-22(27)33-11-19-25-20(26-32-19)13-3-5-14(23)6-4-13/h3-6,9-10H,2,7-8,11-12H2,1H3. The average Bonchev–Trinajstić information content (AvgIpc) is 3.48. The van der Waals surface area contributed by atoms with E-state index in [1.54, 1.807) is 35.9 Å². The lowest BCUT2D eigenvalue weighted by atomic mass is 10.2. The summed E-state index contributed by atoms with van der Waals surface area (Å²) >= 11 is 1.31. The zero-order valence-electron chi connectivity index (χ0n) is 17.6. The van der Waals surface area contributed by atoms with Crippen LogP contribution in [0, 0.1) is 5.82 Å². The van der Waals surface area contributed by atoms with E-state index in [-0.39, 0.29) is 18.2 Å². The second kappa shape index (κ2) is 9.20. The molecule has 9 nitrogen and oxygen atoms in total. The van der Waals surface area contributed by atoms with E-state index in [4.69, 9.17) is 23.7 Å². The zero-order chi connectivity index (χ0) is 22.8. The van der Waals surface area contributed by atoms with Crippen LogP contribution >= 0.6 is 11.8 Å². The van der Waals surface area contributed by atoms with Crippen LogP contribution < -0.4 is 15.0 Å². The third-order valence-corrected chi connectivity index (χ3v) is 6.00. The van der Waals surface area contributed by atoms with E-state index in [2.05, 4.69) is 10.1 Å². The number of hydrogen-bond acceptors (Lipinski definition) is 9. The predicted octanol–water partition coefficient (Wildman–Crippen LogP) is 3.64. The Morgan fingerprint density at radius 3 is 2.73 bits per heavy atom. The van der Waals surface area contributed by atoms with Gasteiger partial charge in [0.1, 0.15) is 5.82 Å². The molecule has 170 valence electrons. The largest absolute Gasteiger partial charge is 0.454 e. The van der Waals surface area contributed by atoms with Gasteiger partial charge in [0, 0.05) is 31.9 Å². The maximum Gasteiger partial charge on any atom is 0.262 e. The number of ether oxygens (including phenoxy) is 3. The van der Waals surface area contributed by atoms with E-state index in [9.17, 15) is 9.18 Å². The normalized spacial score (nSPS) is 12.5. The highest BCUT2D eigenvalue weighted by atomic mass is 32.2. The highest BCUT2D eigenvalue weighted by Gasteiger charge is 2.20. The van der Waals surface area contributed by atoms with Gasteiger partial charge in [-0.3, -0.25) is 9.36 Å². The molecule has 33 heavy (non-hydrogen) atoms. The summed E-state index contributed by atoms with van der Waals surface area (Å²) in [5, 5.41) is 4.93. The van der Waals surface area contributed by atoms with Gasteiger partial charge in [-0.15, -0.1) is 0 Å². The smallest absolute Gasteiger partial charge is 0.262 e. The fraction of sp³-hybridized carbons (Fsp3) is 0.273. The minimum atomic E-state index is -0.338. The number of thioether (sulfide) groups is 1. The summed E-state index contributed by atoms with van der Waals surface area (Å²) < 4.78 is 36.1. The summed E-state index contributed by atoms with van der Waals surface area (Å²) in [6, 6.07) is 9.22. The Labute approximate surface area is 191 Å². The van der Waals surface area contributed by atoms with Crippen LogP contribution in [0.15, 0.2) is 50.9 Å². The monoisotopic (exact) mass is 470 g/mol. The second-order valence-corrected chi connectivity index (χ2v) is 8.17. The molecule has 0 fully saturated rings. The number of nitrogens with zero attached hydrogens (tertiary/aromatic N) is 4. The van der Waals surface area contributed by atoms with Crippen molar-refractivity contribution in [3.8, 4) is 22.9 Å². The molecule has 2 aromatic heterocycles. The first-order valence-electron chi connectivity index (χ1n) is 10.2. The van der Waals surface area contributed by atoms with Crippen LogP contribution in [0.3, 0.4) is 0 Å². The first-order valence-corrected chi connectivity index (χ1v) is 11.2. The maximum atomic E-state index is 13.3. The topological polar surface area (TPSA) is 102 Å². The third-order valence-electron chi connectivity index (χ3n) is 5.04. The van der Waals surface area contributed by atoms with Gasteiger partial charge in [0.05, 0.1) is 16.7 Å². The van der Waals surface area contributed by atoms with Crippen LogP contribution in [0.25, 0.3) is 22.3 Å². The molecule has 2 aromatic carbocycles. The van der Waals surface area contributed by atoms with E-state index in [0.717, 1.165) is 0 Å². The average molecular weight is 470 g/mol. The molecule has 0 radical (unpaired) electrons. The Hall–Kier alpha value is -3.44. The van der Waals surface area contributed by atoms with Gasteiger partial charge < -0.3 is 18.7 Å². The minimum absolute atomic E-state index is 0.114. The predicted molar refractivity (Wildman–Crippen MR) is 118 cm³/mol. The van der Waals surface area contributed by atoms with Crippen molar-refractivity contribution in [2.24, 2.45) is 0 Å². The van der Waals surface area contributed by atoms with E-state index < -0.39 is 0 Å². The van der Waals surface area contributed by atoms with Crippen LogP contribution in [0.4, 0.5) is 4.39 Å². The molecule has 5 rings (SSSR count). The van der Waals surface area contributed by atoms with Gasteiger partial charge in [-0.25, -0.2) is 9.37 Å². The van der Waals surface area contributed by atoms with Crippen molar-refractivity contribution in [3.63, 3.8) is 0 Å². The SMILES string of the molecule is COCCCn1c(SCc2nc(-c3ccc(F)cc3)no2)nc2cc3c(cc2c1=O)OCO3. The van der Waals surface area contributed by atoms with Gasteiger partial charge in [-0.05, 0) is 36.8 Å². The van der Waals surface area contributed by atoms with Gasteiger partial charge in [-0.2, -0.15) is 4.98 Å². The first-order chi connectivity index (χ1) is 16.1. The number of benzene rings is 2. The summed E-state index contributed by atoms with van der Waals surface area (Å²) in [5.41, 5.74) is 0.995. The Kier molecular flexibility index (Phi) is 5.97. The molecule has 0 aliphatic carbocycles. The third kappa shape index (κ3) is 4.41. The lowest BCUT2D eigenvalue weighted by Gasteiger charge is -2.12. The van der Waals surface area contributed by atoms with Crippen molar-refractivity contribution in [1.29, 1.82) is 0 Å². The molecule has 0 unspecified atom stereocenters. The zero-order valence-corrected chi connectivity index (χ0v) is 18.4. The van der Waals surface area contributed by atoms with Crippen LogP contribution in [-0.2, 0) is 17.0 Å². The van der Waals surface area contributed by atoms with E-state index >= 15 is 0 Å². The van der Waals surface area contributed by atoms with Crippen LogP contribution in [0.1, 0.15) is 12.3 Å². The van der Waals surface area contributed by atoms with Gasteiger partial charge in [0.2, 0.25) is 18.5 Å². The van der Waals surface area contributed by atoms with E-state index in [0.29, 0.717) is 70.2 Å². The molecule has 0 saturated heterocycles. The number of halogens is 1. The molecular weight excluding hydrogens is 451 g/mol. The lowest BCUT2D eigenvalue weighted by molar-refractivity contribution is 0.174. The highest BCUT2D eigenvalue weighted by molar-refractivity contribution is 7.98. The summed E-state index contributed by atoms with van der Waals surface area (Å²) in [7, 11) is 1.62. The molecular formula is C22H19FN4O5S. The van der Waals surface area contributed by atoms with Crippen LogP contribution in [-0.4, -0.2) is 40.2 Å². The number of fused-ring (bicyclic) bond motifs is 2. The molecule has 0 saturated carbocycles. The van der Waals surface area contributed by atoms with Gasteiger partial charge in [-0.1, -0.05) is 16.9 Å². The summed E-state index contributed by atoms with van der Waals surface area (Å²) in [4.78, 5) is 22.3. The number of rotatable bonds is 8. The maximum absolute atomic E-state index is 13.3. The fourth-order valence-electron chi connectivity index (χ4n) is 3.42. The van der Waals surface area contributed by atoms with Crippen molar-refractivity contribution in [2.45, 2.75) is 23.9 Å². The van der Waals surface area contributed by atoms with Crippen LogP contribution in [0.2, 0.25) is 0 Å². The quantitative estimate of drug-likeness (QED) is 0.217. The molecule has 0 spiro atoms. The van der Waals surface area contributed by atoms with Crippen molar-refractivity contribution in [1.82, 2.24) is 19.7 Å². The van der Waals surface area contributed by atoms with Crippen molar-refractivity contribution in [2.75, 3.05) is 20.5 Å². The Morgan fingerprint density at radius 1 is 1.15 bits per heavy atom. The molecule has 3 heterocycles. The van der Waals surface area contributed by atoms with Gasteiger partial charge >= 0.3 is 0 Å². The second-order valence-electron chi connectivity index (χ2n) is 7.23. The molecule has 0 N–H and O–H groups in total. The molecule has 1 aliphatic heterocycles. The van der Waals surface area contributed by atoms with Crippen LogP contribution in [0.5, 0.6) is 11.5 Å². The van der Waals surface area contributed by atoms with Gasteiger partial charge in [0.15, 0.2) is 16.7 Å². The molecule has 4 aromatic rings. The lowest BCUT2D eigenvalue weighted by Crippen LogP contribution is -2.24. The number of aromatic nitrogens is 4. The summed E-state index contributed by atoms with van der Waals surface area (Å²) in [6.07, 6.45) is 0.650. The van der Waals surface area contributed by atoms with Crippen molar-refractivity contribution < 1.29 is 23.1 Å².